The molecule has 5 rings (SSSR count). The number of allylic oxidation sites excluding steroid dienone is 1. The van der Waals surface area contributed by atoms with Gasteiger partial charge in [0.2, 0.25) is 5.91 Å². The number of carbonyl (C=O) groups excluding carboxylic acids is 1. The number of halogens is 1. The number of hydrogen-bond donors (Lipinski definition) is 1. The third-order valence-electron chi connectivity index (χ3n) is 5.47. The van der Waals surface area contributed by atoms with Gasteiger partial charge in [0.25, 0.3) is 5.95 Å². The molecule has 3 aromatic carbocycles. The molecule has 0 radical (unpaired) electrons. The van der Waals surface area contributed by atoms with Crippen molar-refractivity contribution in [2.45, 2.75) is 13.0 Å². The number of anilines is 2. The van der Waals surface area contributed by atoms with Crippen LogP contribution in [-0.4, -0.2) is 32.7 Å². The second kappa shape index (κ2) is 8.88. The van der Waals surface area contributed by atoms with E-state index in [0.29, 0.717) is 11.0 Å². The van der Waals surface area contributed by atoms with Gasteiger partial charge in [-0.25, -0.2) is 0 Å². The zero-order chi connectivity index (χ0) is 22.8. The van der Waals surface area contributed by atoms with Crippen molar-refractivity contribution in [3.63, 3.8) is 0 Å². The number of aromatic nitrogens is 4. The molecule has 0 fully saturated rings. The number of fused-ring (bicyclic) bond motifs is 1. The fraction of sp³-hybridized carbons (Fsp3) is 0.120. The van der Waals surface area contributed by atoms with E-state index in [4.69, 9.17) is 11.6 Å². The van der Waals surface area contributed by atoms with Crippen LogP contribution in [0.2, 0.25) is 5.02 Å². The molecule has 0 saturated carbocycles. The van der Waals surface area contributed by atoms with Crippen LogP contribution in [0.1, 0.15) is 22.7 Å². The molecule has 7 nitrogen and oxygen atoms in total. The predicted octanol–water partition coefficient (Wildman–Crippen LogP) is 4.72. The molecule has 1 atom stereocenters. The van der Waals surface area contributed by atoms with Gasteiger partial charge in [0.15, 0.2) is 0 Å². The molecule has 0 aliphatic carbocycles. The van der Waals surface area contributed by atoms with Crippen molar-refractivity contribution in [3.8, 4) is 0 Å². The fourth-order valence-electron chi connectivity index (χ4n) is 3.95. The Labute approximate surface area is 196 Å². The monoisotopic (exact) mass is 456 g/mol. The van der Waals surface area contributed by atoms with E-state index in [9.17, 15) is 4.79 Å². The highest BCUT2D eigenvalue weighted by Gasteiger charge is 2.31. The summed E-state index contributed by atoms with van der Waals surface area (Å²) < 4.78 is 1.73. The summed E-state index contributed by atoms with van der Waals surface area (Å²) in [6.07, 6.45) is 2.07. The van der Waals surface area contributed by atoms with Gasteiger partial charge in [0.1, 0.15) is 12.6 Å². The zero-order valence-electron chi connectivity index (χ0n) is 17.9. The predicted molar refractivity (Wildman–Crippen MR) is 129 cm³/mol. The first kappa shape index (κ1) is 20.9. The molecule has 164 valence electrons. The molecule has 2 heterocycles. The Kier molecular flexibility index (Phi) is 5.62. The summed E-state index contributed by atoms with van der Waals surface area (Å²) in [6.45, 7) is 2.03. The molecule has 1 aliphatic rings. The third-order valence-corrected chi connectivity index (χ3v) is 5.72. The summed E-state index contributed by atoms with van der Waals surface area (Å²) in [6, 6.07) is 25.0. The van der Waals surface area contributed by atoms with Crippen LogP contribution in [0.3, 0.4) is 0 Å². The molecule has 1 aliphatic heterocycles. The maximum atomic E-state index is 13.0. The smallest absolute Gasteiger partial charge is 0.251 e. The number of amides is 1. The quantitative estimate of drug-likeness (QED) is 0.470. The van der Waals surface area contributed by atoms with Crippen LogP contribution in [0, 0.1) is 6.92 Å². The number of tetrazole rings is 1. The van der Waals surface area contributed by atoms with Crippen LogP contribution in [0.25, 0.3) is 5.70 Å². The van der Waals surface area contributed by atoms with Crippen LogP contribution in [0.15, 0.2) is 84.9 Å². The SMILES string of the molecule is Cc1cccc(NC(=O)CN2C(c3ccc(Cl)cc3)=C[C@@H](c3ccccc3)n3nnnc32)c1. The summed E-state index contributed by atoms with van der Waals surface area (Å²) in [4.78, 5) is 14.9. The van der Waals surface area contributed by atoms with Crippen LogP contribution < -0.4 is 10.2 Å². The Morgan fingerprint density at radius 2 is 1.82 bits per heavy atom. The first-order valence-corrected chi connectivity index (χ1v) is 10.9. The van der Waals surface area contributed by atoms with Crippen molar-refractivity contribution in [1.82, 2.24) is 20.2 Å². The van der Waals surface area contributed by atoms with Gasteiger partial charge in [-0.1, -0.05) is 71.3 Å². The molecule has 1 aromatic heterocycles. The minimum Gasteiger partial charge on any atom is -0.325 e. The molecule has 0 spiro atoms. The summed E-state index contributed by atoms with van der Waals surface area (Å²) in [5.74, 6) is 0.323. The van der Waals surface area contributed by atoms with Gasteiger partial charge in [-0.3, -0.25) is 9.69 Å². The van der Waals surface area contributed by atoms with Crippen molar-refractivity contribution in [2.75, 3.05) is 16.8 Å². The van der Waals surface area contributed by atoms with Crippen LogP contribution in [-0.2, 0) is 4.79 Å². The second-order valence-electron chi connectivity index (χ2n) is 7.84. The highest BCUT2D eigenvalue weighted by atomic mass is 35.5. The van der Waals surface area contributed by atoms with E-state index in [1.165, 1.54) is 0 Å². The molecule has 8 heteroatoms. The molecule has 0 saturated heterocycles. The van der Waals surface area contributed by atoms with Gasteiger partial charge in [0, 0.05) is 10.7 Å². The highest BCUT2D eigenvalue weighted by Crippen LogP contribution is 2.36. The topological polar surface area (TPSA) is 75.9 Å². The number of aryl methyl sites for hydroxylation is 1. The average molecular weight is 457 g/mol. The molecule has 0 bridgehead atoms. The Morgan fingerprint density at radius 1 is 1.03 bits per heavy atom. The average Bonchev–Trinajstić information content (AvgIpc) is 3.31. The number of benzene rings is 3. The van der Waals surface area contributed by atoms with Crippen molar-refractivity contribution < 1.29 is 4.79 Å². The lowest BCUT2D eigenvalue weighted by atomic mass is 10.0. The van der Waals surface area contributed by atoms with Gasteiger partial charge >= 0.3 is 0 Å². The third kappa shape index (κ3) is 4.36. The first-order chi connectivity index (χ1) is 16.1. The normalized spacial score (nSPS) is 15.0. The Morgan fingerprint density at radius 3 is 2.58 bits per heavy atom. The Bertz CT molecular complexity index is 1320. The van der Waals surface area contributed by atoms with E-state index in [0.717, 1.165) is 28.1 Å². The van der Waals surface area contributed by atoms with Crippen molar-refractivity contribution in [2.24, 2.45) is 0 Å². The number of nitrogens with zero attached hydrogens (tertiary/aromatic N) is 5. The first-order valence-electron chi connectivity index (χ1n) is 10.5. The largest absolute Gasteiger partial charge is 0.325 e. The fourth-order valence-corrected chi connectivity index (χ4v) is 4.07. The molecular weight excluding hydrogens is 436 g/mol. The lowest BCUT2D eigenvalue weighted by molar-refractivity contribution is -0.114. The second-order valence-corrected chi connectivity index (χ2v) is 8.28. The van der Waals surface area contributed by atoms with Crippen LogP contribution >= 0.6 is 11.6 Å². The number of carbonyl (C=O) groups is 1. The summed E-state index contributed by atoms with van der Waals surface area (Å²) >= 11 is 6.13. The highest BCUT2D eigenvalue weighted by molar-refractivity contribution is 6.30. The molecule has 4 aromatic rings. The Balaban J connectivity index is 1.53. The van der Waals surface area contributed by atoms with Gasteiger partial charge in [-0.05, 0) is 64.4 Å². The molecule has 33 heavy (non-hydrogen) atoms. The number of hydrogen-bond acceptors (Lipinski definition) is 5. The minimum atomic E-state index is -0.210. The van der Waals surface area contributed by atoms with E-state index < -0.39 is 0 Å². The lowest BCUT2D eigenvalue weighted by Gasteiger charge is -2.32. The maximum Gasteiger partial charge on any atom is 0.251 e. The van der Waals surface area contributed by atoms with E-state index >= 15 is 0 Å². The summed E-state index contributed by atoms with van der Waals surface area (Å²) in [5, 5.41) is 16.0. The summed E-state index contributed by atoms with van der Waals surface area (Å²) in [7, 11) is 0. The standard InChI is InChI=1S/C25H21ClN6O/c1-17-6-5-9-21(14-17)27-24(33)16-31-22(19-10-12-20(26)13-11-19)15-23(18-7-3-2-4-8-18)32-25(31)28-29-30-32/h2-15,23H,16H2,1H3,(H,27,33)/t23-/m0/s1. The summed E-state index contributed by atoms with van der Waals surface area (Å²) in [5.41, 5.74) is 4.61. The number of nitrogens with one attached hydrogen (secondary N) is 1. The lowest BCUT2D eigenvalue weighted by Crippen LogP contribution is -2.37. The van der Waals surface area contributed by atoms with Gasteiger partial charge < -0.3 is 5.32 Å². The number of rotatable bonds is 5. The molecule has 0 unspecified atom stereocenters. The van der Waals surface area contributed by atoms with Gasteiger partial charge in [-0.15, -0.1) is 0 Å². The van der Waals surface area contributed by atoms with Crippen molar-refractivity contribution in [1.29, 1.82) is 0 Å². The van der Waals surface area contributed by atoms with E-state index in [1.807, 2.05) is 90.7 Å². The molecular formula is C25H21ClN6O. The van der Waals surface area contributed by atoms with Crippen molar-refractivity contribution >= 4 is 34.8 Å². The van der Waals surface area contributed by atoms with E-state index in [1.54, 1.807) is 4.68 Å². The van der Waals surface area contributed by atoms with Crippen LogP contribution in [0.4, 0.5) is 11.6 Å². The minimum absolute atomic E-state index is 0.0459. The van der Waals surface area contributed by atoms with Crippen LogP contribution in [0.5, 0.6) is 0 Å². The maximum absolute atomic E-state index is 13.0. The van der Waals surface area contributed by atoms with Gasteiger partial charge in [-0.2, -0.15) is 4.68 Å². The zero-order valence-corrected chi connectivity index (χ0v) is 18.6. The Hall–Kier alpha value is -3.97. The molecule has 1 N–H and O–H groups in total. The van der Waals surface area contributed by atoms with Gasteiger partial charge in [0.05, 0.1) is 5.70 Å². The van der Waals surface area contributed by atoms with E-state index in [2.05, 4.69) is 26.9 Å². The van der Waals surface area contributed by atoms with Crippen molar-refractivity contribution in [3.05, 3.63) is 107 Å². The molecule has 1 amide bonds. The van der Waals surface area contributed by atoms with E-state index in [-0.39, 0.29) is 18.5 Å².